The quantitative estimate of drug-likeness (QED) is 0.709. The Hall–Kier alpha value is -2.65. The molecule has 0 bridgehead atoms. The van der Waals surface area contributed by atoms with Crippen molar-refractivity contribution in [3.8, 4) is 0 Å². The number of nitrogens with one attached hydrogen (secondary N) is 3. The summed E-state index contributed by atoms with van der Waals surface area (Å²) in [5.74, 6) is 0. The first-order valence-corrected chi connectivity index (χ1v) is 5.32. The zero-order valence-electron chi connectivity index (χ0n) is 10.5. The van der Waals surface area contributed by atoms with Crippen molar-refractivity contribution in [3.05, 3.63) is 12.4 Å². The minimum Gasteiger partial charge on any atom is -0.450 e. The maximum Gasteiger partial charge on any atom is 0.415 e. The molecule has 1 aromatic rings. The van der Waals surface area contributed by atoms with Crippen LogP contribution in [0.1, 0.15) is 13.8 Å². The number of alkyl carbamates (subject to hydrolysis) is 2. The Kier molecular flexibility index (Phi) is 9.04. The van der Waals surface area contributed by atoms with Gasteiger partial charge >= 0.3 is 18.2 Å². The van der Waals surface area contributed by atoms with Crippen LogP contribution in [0.4, 0.5) is 14.4 Å². The van der Waals surface area contributed by atoms with E-state index in [2.05, 4.69) is 24.9 Å². The molecule has 0 aliphatic heterocycles. The molecule has 1 aromatic heterocycles. The number of amides is 4. The van der Waals surface area contributed by atoms with Gasteiger partial charge in [-0.25, -0.2) is 25.0 Å². The van der Waals surface area contributed by atoms with Gasteiger partial charge in [0.25, 0.3) is 0 Å². The molecule has 10 heteroatoms. The second-order valence-electron chi connectivity index (χ2n) is 2.68. The molecule has 1 rings (SSSR count). The summed E-state index contributed by atoms with van der Waals surface area (Å²) in [4.78, 5) is 32.1. The monoisotopic (exact) mass is 273 g/mol. The van der Waals surface area contributed by atoms with E-state index in [1.807, 2.05) is 0 Å². The summed E-state index contributed by atoms with van der Waals surface area (Å²) in [5, 5.41) is 12.8. The van der Waals surface area contributed by atoms with E-state index in [9.17, 15) is 14.4 Å². The lowest BCUT2D eigenvalue weighted by atomic mass is 10.8. The standard InChI is InChI=1S/C7H12N2O5.C2H3N3/c1-3-13-6(11)8-5(10)9-7(12)14-4-2;1-2-4-5-3-1/h3-4H2,1-2H3,(H2,8,9,10,11,12);1-2H,(H,3,4,5). The topological polar surface area (TPSA) is 135 Å². The van der Waals surface area contributed by atoms with Crippen molar-refractivity contribution < 1.29 is 23.9 Å². The van der Waals surface area contributed by atoms with Gasteiger partial charge in [-0.2, -0.15) is 0 Å². The SMILES string of the molecule is CCOC(=O)NC(=O)NC(=O)OCC.c1c[nH]nn1. The molecule has 0 unspecified atom stereocenters. The Morgan fingerprint density at radius 2 is 1.63 bits per heavy atom. The molecule has 4 amide bonds. The lowest BCUT2D eigenvalue weighted by Crippen LogP contribution is -2.42. The third-order valence-corrected chi connectivity index (χ3v) is 1.31. The van der Waals surface area contributed by atoms with Crippen molar-refractivity contribution in [1.82, 2.24) is 26.0 Å². The van der Waals surface area contributed by atoms with E-state index in [4.69, 9.17) is 0 Å². The van der Waals surface area contributed by atoms with Crippen LogP contribution in [-0.4, -0.2) is 46.8 Å². The Morgan fingerprint density at radius 1 is 1.11 bits per heavy atom. The van der Waals surface area contributed by atoms with E-state index in [0.29, 0.717) is 0 Å². The van der Waals surface area contributed by atoms with Crippen LogP contribution in [0.5, 0.6) is 0 Å². The highest BCUT2D eigenvalue weighted by Gasteiger charge is 2.11. The van der Waals surface area contributed by atoms with Gasteiger partial charge in [0.15, 0.2) is 0 Å². The predicted molar refractivity (Wildman–Crippen MR) is 62.1 cm³/mol. The van der Waals surface area contributed by atoms with Crippen LogP contribution < -0.4 is 10.6 Å². The first kappa shape index (κ1) is 16.4. The van der Waals surface area contributed by atoms with Gasteiger partial charge in [0.1, 0.15) is 0 Å². The van der Waals surface area contributed by atoms with Crippen molar-refractivity contribution in [2.75, 3.05) is 13.2 Å². The third-order valence-electron chi connectivity index (χ3n) is 1.31. The molecule has 19 heavy (non-hydrogen) atoms. The fraction of sp³-hybridized carbons (Fsp3) is 0.444. The van der Waals surface area contributed by atoms with E-state index >= 15 is 0 Å². The van der Waals surface area contributed by atoms with Crippen molar-refractivity contribution in [3.63, 3.8) is 0 Å². The maximum absolute atomic E-state index is 10.8. The average molecular weight is 273 g/mol. The highest BCUT2D eigenvalue weighted by molar-refractivity contribution is 5.98. The van der Waals surface area contributed by atoms with Gasteiger partial charge in [0.05, 0.1) is 19.4 Å². The zero-order chi connectivity index (χ0) is 14.5. The molecular formula is C9H15N5O5. The number of H-pyrrole nitrogens is 1. The van der Waals surface area contributed by atoms with Crippen molar-refractivity contribution in [1.29, 1.82) is 0 Å². The first-order chi connectivity index (χ1) is 9.10. The third kappa shape index (κ3) is 10.2. The van der Waals surface area contributed by atoms with Crippen LogP contribution >= 0.6 is 0 Å². The number of hydrogen-bond donors (Lipinski definition) is 3. The number of carbonyl (C=O) groups is 3. The summed E-state index contributed by atoms with van der Waals surface area (Å²) >= 11 is 0. The summed E-state index contributed by atoms with van der Waals surface area (Å²) in [6.45, 7) is 3.45. The minimum atomic E-state index is -0.984. The molecule has 0 aliphatic carbocycles. The highest BCUT2D eigenvalue weighted by atomic mass is 16.6. The van der Waals surface area contributed by atoms with Gasteiger partial charge in [-0.3, -0.25) is 5.10 Å². The van der Waals surface area contributed by atoms with Gasteiger partial charge in [0.2, 0.25) is 0 Å². The number of imide groups is 2. The van der Waals surface area contributed by atoms with Crippen molar-refractivity contribution >= 4 is 18.2 Å². The van der Waals surface area contributed by atoms with Crippen LogP contribution in [0, 0.1) is 0 Å². The van der Waals surface area contributed by atoms with Crippen LogP contribution in [0.15, 0.2) is 12.4 Å². The molecule has 0 radical (unpaired) electrons. The lowest BCUT2D eigenvalue weighted by molar-refractivity contribution is 0.146. The molecule has 3 N–H and O–H groups in total. The molecule has 106 valence electrons. The van der Waals surface area contributed by atoms with Crippen LogP contribution in [0.3, 0.4) is 0 Å². The number of aromatic amines is 1. The van der Waals surface area contributed by atoms with Crippen LogP contribution in [-0.2, 0) is 9.47 Å². The van der Waals surface area contributed by atoms with Crippen molar-refractivity contribution in [2.24, 2.45) is 0 Å². The largest absolute Gasteiger partial charge is 0.450 e. The second kappa shape index (κ2) is 10.5. The average Bonchev–Trinajstić information content (AvgIpc) is 2.87. The van der Waals surface area contributed by atoms with E-state index < -0.39 is 18.2 Å². The molecule has 0 aromatic carbocycles. The Balaban J connectivity index is 0.000000532. The predicted octanol–water partition coefficient (Wildman–Crippen LogP) is 0.403. The number of ether oxygens (including phenoxy) is 2. The molecule has 1 heterocycles. The summed E-state index contributed by atoms with van der Waals surface area (Å²) in [6, 6.07) is -0.984. The number of urea groups is 1. The number of nitrogens with zero attached hydrogens (tertiary/aromatic N) is 2. The molecule has 0 saturated heterocycles. The second-order valence-corrected chi connectivity index (χ2v) is 2.68. The molecule has 0 aliphatic rings. The van der Waals surface area contributed by atoms with Crippen LogP contribution in [0.25, 0.3) is 0 Å². The number of hydrogen-bond acceptors (Lipinski definition) is 7. The summed E-state index contributed by atoms with van der Waals surface area (Å²) in [5.41, 5.74) is 0. The summed E-state index contributed by atoms with van der Waals surface area (Å²) < 4.78 is 8.78. The highest BCUT2D eigenvalue weighted by Crippen LogP contribution is 1.79. The lowest BCUT2D eigenvalue weighted by Gasteiger charge is -2.04. The van der Waals surface area contributed by atoms with E-state index in [1.165, 1.54) is 0 Å². The van der Waals surface area contributed by atoms with Gasteiger partial charge in [-0.05, 0) is 13.8 Å². The van der Waals surface area contributed by atoms with Crippen molar-refractivity contribution in [2.45, 2.75) is 13.8 Å². The van der Waals surface area contributed by atoms with E-state index in [1.54, 1.807) is 36.9 Å². The van der Waals surface area contributed by atoms with E-state index in [0.717, 1.165) is 0 Å². The summed E-state index contributed by atoms with van der Waals surface area (Å²) in [6.07, 6.45) is 1.39. The molecule has 0 spiro atoms. The van der Waals surface area contributed by atoms with Gasteiger partial charge in [-0.15, -0.1) is 5.10 Å². The molecule has 0 saturated carbocycles. The fourth-order valence-corrected chi connectivity index (χ4v) is 0.718. The van der Waals surface area contributed by atoms with Crippen LogP contribution in [0.2, 0.25) is 0 Å². The molecular weight excluding hydrogens is 258 g/mol. The van der Waals surface area contributed by atoms with E-state index in [-0.39, 0.29) is 13.2 Å². The number of carbonyl (C=O) groups excluding carboxylic acids is 3. The first-order valence-electron chi connectivity index (χ1n) is 5.32. The Bertz CT molecular complexity index is 341. The normalized spacial score (nSPS) is 8.53. The Labute approximate surface area is 108 Å². The summed E-state index contributed by atoms with van der Waals surface area (Å²) in [7, 11) is 0. The van der Waals surface area contributed by atoms with Gasteiger partial charge in [0, 0.05) is 6.20 Å². The zero-order valence-corrected chi connectivity index (χ0v) is 10.5. The maximum atomic E-state index is 10.8. The minimum absolute atomic E-state index is 0.137. The Morgan fingerprint density at radius 3 is 1.89 bits per heavy atom. The smallest absolute Gasteiger partial charge is 0.415 e. The van der Waals surface area contributed by atoms with Gasteiger partial charge in [-0.1, -0.05) is 5.21 Å². The number of aromatic nitrogens is 3. The fourth-order valence-electron chi connectivity index (χ4n) is 0.718. The number of rotatable bonds is 2. The molecule has 10 nitrogen and oxygen atoms in total. The molecule has 0 atom stereocenters. The van der Waals surface area contributed by atoms with Gasteiger partial charge < -0.3 is 9.47 Å². The molecule has 0 fully saturated rings.